The molecule has 11 nitrogen and oxygen atoms in total. The van der Waals surface area contributed by atoms with Gasteiger partial charge >= 0.3 is 0 Å². The van der Waals surface area contributed by atoms with Gasteiger partial charge < -0.3 is 26.1 Å². The lowest BCUT2D eigenvalue weighted by molar-refractivity contribution is -0.142. The minimum atomic E-state index is -4.10. The Morgan fingerprint density at radius 3 is 2.11 bits per heavy atom. The number of nitrogens with one attached hydrogen (secondary N) is 1. The minimum Gasteiger partial charge on any atom is -0.464 e. The van der Waals surface area contributed by atoms with Crippen molar-refractivity contribution in [2.24, 2.45) is 22.5 Å². The maximum absolute atomic E-state index is 13.3. The predicted octanol–water partition coefficient (Wildman–Crippen LogP) is 0.790. The average Bonchev–Trinajstić information content (AvgIpc) is 3.23. The number of nitrogens with zero attached hydrogens (tertiary/aromatic N) is 1. The Labute approximate surface area is 224 Å². The summed E-state index contributed by atoms with van der Waals surface area (Å²) in [6.45, 7) is 8.77. The van der Waals surface area contributed by atoms with Gasteiger partial charge in [0.15, 0.2) is 0 Å². The van der Waals surface area contributed by atoms with Gasteiger partial charge in [-0.25, -0.2) is 13.6 Å². The van der Waals surface area contributed by atoms with Crippen LogP contribution in [0.25, 0.3) is 0 Å². The van der Waals surface area contributed by atoms with Gasteiger partial charge in [-0.1, -0.05) is 65.0 Å². The highest BCUT2D eigenvalue weighted by molar-refractivity contribution is 7.89. The number of rotatable bonds is 11. The van der Waals surface area contributed by atoms with Gasteiger partial charge in [0.1, 0.15) is 28.5 Å². The predicted molar refractivity (Wildman–Crippen MR) is 143 cm³/mol. The molecule has 0 aliphatic carbocycles. The fraction of sp³-hybridized carbons (Fsp3) is 0.500. The molecule has 0 saturated heterocycles. The zero-order chi connectivity index (χ0) is 29.0. The van der Waals surface area contributed by atoms with Gasteiger partial charge in [-0.05, 0) is 17.9 Å². The van der Waals surface area contributed by atoms with Gasteiger partial charge in [-0.2, -0.15) is 0 Å². The van der Waals surface area contributed by atoms with Crippen molar-refractivity contribution < 1.29 is 27.2 Å². The lowest BCUT2D eigenvalue weighted by Gasteiger charge is -2.33. The fourth-order valence-corrected chi connectivity index (χ4v) is 5.12. The molecule has 1 aromatic heterocycles. The van der Waals surface area contributed by atoms with Crippen LogP contribution < -0.4 is 21.9 Å². The van der Waals surface area contributed by atoms with Crippen LogP contribution >= 0.6 is 0 Å². The maximum atomic E-state index is 13.3. The first-order valence-electron chi connectivity index (χ1n) is 12.2. The number of likely N-dealkylation sites (N-methyl/N-ethyl adjacent to an activating group) is 1. The summed E-state index contributed by atoms with van der Waals surface area (Å²) in [5, 5.41) is 7.94. The smallest absolute Gasteiger partial charge is 0.243 e. The Morgan fingerprint density at radius 1 is 1.08 bits per heavy atom. The van der Waals surface area contributed by atoms with Crippen LogP contribution in [0.1, 0.15) is 51.7 Å². The number of nitrogens with two attached hydrogens (primary N) is 3. The van der Waals surface area contributed by atoms with Gasteiger partial charge in [-0.3, -0.25) is 14.4 Å². The standard InChI is InChI=1S/C26H39N5O6S/c1-15(2)21(31(6)25(34)18(27)12-16-10-8-7-9-11-16)24(33)30-19(23(28)32)13-17-14-20(38(29,35)36)22(37-17)26(3,4)5/h7-11,14-15,18-19,21H,12-13,27H2,1-6H3,(H2,28,32)(H,30,33)(H2,29,35,36)/t18-,19?,21?/m0/s1. The van der Waals surface area contributed by atoms with E-state index < -0.39 is 51.3 Å². The number of hydrogen-bond donors (Lipinski definition) is 4. The Hall–Kier alpha value is -3.22. The zero-order valence-electron chi connectivity index (χ0n) is 22.7. The van der Waals surface area contributed by atoms with Gasteiger partial charge in [-0.15, -0.1) is 0 Å². The summed E-state index contributed by atoms with van der Waals surface area (Å²) in [7, 11) is -2.62. The molecule has 2 rings (SSSR count). The molecule has 2 unspecified atom stereocenters. The zero-order valence-corrected chi connectivity index (χ0v) is 23.5. The normalized spacial score (nSPS) is 14.6. The number of furan rings is 1. The molecule has 0 spiro atoms. The second-order valence-electron chi connectivity index (χ2n) is 10.8. The Bertz CT molecular complexity index is 1250. The summed E-state index contributed by atoms with van der Waals surface area (Å²) in [6.07, 6.45) is 0.0804. The third-order valence-corrected chi connectivity index (χ3v) is 7.00. The van der Waals surface area contributed by atoms with Crippen molar-refractivity contribution in [3.8, 4) is 0 Å². The molecular weight excluding hydrogens is 510 g/mol. The van der Waals surface area contributed by atoms with E-state index in [-0.39, 0.29) is 28.8 Å². The molecule has 3 atom stereocenters. The fourth-order valence-electron chi connectivity index (χ4n) is 4.22. The molecule has 38 heavy (non-hydrogen) atoms. The monoisotopic (exact) mass is 549 g/mol. The van der Waals surface area contributed by atoms with Crippen molar-refractivity contribution >= 4 is 27.7 Å². The number of sulfonamides is 1. The van der Waals surface area contributed by atoms with Crippen LogP contribution in [0.3, 0.4) is 0 Å². The second-order valence-corrected chi connectivity index (χ2v) is 12.3. The first-order chi connectivity index (χ1) is 17.4. The molecule has 0 saturated carbocycles. The molecule has 0 aliphatic heterocycles. The molecule has 1 heterocycles. The van der Waals surface area contributed by atoms with Crippen molar-refractivity contribution in [2.45, 2.75) is 75.9 Å². The lowest BCUT2D eigenvalue weighted by atomic mass is 9.93. The number of carbonyl (C=O) groups excluding carboxylic acids is 3. The number of primary sulfonamides is 1. The van der Waals surface area contributed by atoms with E-state index in [0.29, 0.717) is 6.42 Å². The van der Waals surface area contributed by atoms with Gasteiger partial charge in [0, 0.05) is 24.9 Å². The number of benzene rings is 1. The first-order valence-corrected chi connectivity index (χ1v) is 13.8. The Kier molecular flexibility index (Phi) is 9.87. The highest BCUT2D eigenvalue weighted by Crippen LogP contribution is 2.31. The van der Waals surface area contributed by atoms with Crippen molar-refractivity contribution in [3.63, 3.8) is 0 Å². The van der Waals surface area contributed by atoms with Crippen LogP contribution in [-0.2, 0) is 42.7 Å². The lowest BCUT2D eigenvalue weighted by Crippen LogP contribution is -2.58. The van der Waals surface area contributed by atoms with E-state index in [1.807, 2.05) is 30.3 Å². The number of carbonyl (C=O) groups is 3. The van der Waals surface area contributed by atoms with E-state index in [9.17, 15) is 22.8 Å². The molecule has 12 heteroatoms. The number of primary amides is 1. The van der Waals surface area contributed by atoms with Gasteiger partial charge in [0.2, 0.25) is 27.7 Å². The second kappa shape index (κ2) is 12.1. The van der Waals surface area contributed by atoms with E-state index in [1.54, 1.807) is 34.6 Å². The molecule has 0 radical (unpaired) electrons. The molecule has 2 aromatic rings. The molecule has 7 N–H and O–H groups in total. The Balaban J connectivity index is 2.25. The van der Waals surface area contributed by atoms with E-state index in [1.165, 1.54) is 18.0 Å². The van der Waals surface area contributed by atoms with Crippen LogP contribution in [0.15, 0.2) is 45.7 Å². The summed E-state index contributed by atoms with van der Waals surface area (Å²) < 4.78 is 29.9. The summed E-state index contributed by atoms with van der Waals surface area (Å²) in [4.78, 5) is 39.7. The Morgan fingerprint density at radius 2 is 1.66 bits per heavy atom. The topological polar surface area (TPSA) is 192 Å². The van der Waals surface area contributed by atoms with Gasteiger partial charge in [0.25, 0.3) is 0 Å². The summed E-state index contributed by atoms with van der Waals surface area (Å²) in [5.74, 6) is -1.99. The van der Waals surface area contributed by atoms with Gasteiger partial charge in [0.05, 0.1) is 6.04 Å². The molecule has 1 aromatic carbocycles. The molecule has 210 valence electrons. The van der Waals surface area contributed by atoms with Crippen LogP contribution in [0.2, 0.25) is 0 Å². The van der Waals surface area contributed by atoms with Crippen LogP contribution in [0, 0.1) is 5.92 Å². The van der Waals surface area contributed by atoms with E-state index in [4.69, 9.17) is 21.0 Å². The van der Waals surface area contributed by atoms with E-state index in [2.05, 4.69) is 5.32 Å². The van der Waals surface area contributed by atoms with E-state index >= 15 is 0 Å². The van der Waals surface area contributed by atoms with Crippen LogP contribution in [0.5, 0.6) is 0 Å². The molecule has 0 bridgehead atoms. The number of amides is 3. The van der Waals surface area contributed by atoms with Crippen molar-refractivity contribution in [1.29, 1.82) is 0 Å². The SMILES string of the molecule is CC(C)C(C(=O)NC(Cc1cc(S(N)(=O)=O)c(C(C)(C)C)o1)C(N)=O)N(C)C(=O)[C@@H](N)Cc1ccccc1. The van der Waals surface area contributed by atoms with Crippen LogP contribution in [-0.4, -0.2) is 56.2 Å². The average molecular weight is 550 g/mol. The third-order valence-electron chi connectivity index (χ3n) is 6.08. The summed E-state index contributed by atoms with van der Waals surface area (Å²) in [6, 6.07) is 7.44. The summed E-state index contributed by atoms with van der Waals surface area (Å²) in [5.41, 5.74) is 11.9. The largest absolute Gasteiger partial charge is 0.464 e. The molecular formula is C26H39N5O6S. The molecule has 3 amide bonds. The number of hydrogen-bond acceptors (Lipinski definition) is 7. The summed E-state index contributed by atoms with van der Waals surface area (Å²) >= 11 is 0. The maximum Gasteiger partial charge on any atom is 0.243 e. The van der Waals surface area contributed by atoms with Crippen molar-refractivity contribution in [1.82, 2.24) is 10.2 Å². The quantitative estimate of drug-likeness (QED) is 0.318. The van der Waals surface area contributed by atoms with Crippen molar-refractivity contribution in [2.75, 3.05) is 7.05 Å². The highest BCUT2D eigenvalue weighted by atomic mass is 32.2. The van der Waals surface area contributed by atoms with Crippen LogP contribution in [0.4, 0.5) is 0 Å². The third kappa shape index (κ3) is 7.89. The highest BCUT2D eigenvalue weighted by Gasteiger charge is 2.35. The first kappa shape index (κ1) is 31.0. The van der Waals surface area contributed by atoms with E-state index in [0.717, 1.165) is 5.56 Å². The van der Waals surface area contributed by atoms with Crippen molar-refractivity contribution in [3.05, 3.63) is 53.5 Å². The minimum absolute atomic E-state index is 0.110. The molecule has 0 fully saturated rings. The molecule has 0 aliphatic rings.